The van der Waals surface area contributed by atoms with Gasteiger partial charge >= 0.3 is 0 Å². The summed E-state index contributed by atoms with van der Waals surface area (Å²) >= 11 is 10.5. The van der Waals surface area contributed by atoms with E-state index in [2.05, 4.69) is 47.8 Å². The number of hydrogen-bond donors (Lipinski definition) is 0. The van der Waals surface area contributed by atoms with Crippen LogP contribution < -0.4 is 0 Å². The maximum Gasteiger partial charge on any atom is 0.0146 e. The lowest BCUT2D eigenvalue weighted by molar-refractivity contribution is 0.691. The molecule has 3 heteroatoms. The Balaban J connectivity index is 3.00. The molecule has 0 aromatic heterocycles. The highest BCUT2D eigenvalue weighted by molar-refractivity contribution is 9.09. The summed E-state index contributed by atoms with van der Waals surface area (Å²) in [6.45, 7) is 0. The molecule has 0 unspecified atom stereocenters. The first-order valence-electron chi connectivity index (χ1n) is 3.57. The van der Waals surface area contributed by atoms with Crippen LogP contribution in [-0.2, 0) is 0 Å². The first-order valence-corrected chi connectivity index (χ1v) is 6.73. The summed E-state index contributed by atoms with van der Waals surface area (Å²) in [6, 6.07) is 0. The lowest BCUT2D eigenvalue weighted by Gasteiger charge is -2.05. The van der Waals surface area contributed by atoms with Crippen LogP contribution in [-0.4, -0.2) is 15.5 Å². The fourth-order valence-electron chi connectivity index (χ4n) is 0.742. The number of alkyl halides is 3. The van der Waals surface area contributed by atoms with Crippen molar-refractivity contribution in [1.82, 2.24) is 0 Å². The second-order valence-electron chi connectivity index (χ2n) is 2.26. The molecule has 10 heavy (non-hydrogen) atoms. The van der Waals surface area contributed by atoms with E-state index in [9.17, 15) is 0 Å². The maximum absolute atomic E-state index is 3.64. The van der Waals surface area contributed by atoms with Crippen LogP contribution in [0.2, 0.25) is 0 Å². The first-order chi connectivity index (χ1) is 4.81. The van der Waals surface area contributed by atoms with E-state index in [-0.39, 0.29) is 0 Å². The molecule has 0 aliphatic carbocycles. The standard InChI is InChI=1S/C7H13Br3/c8-5-1-3-7(10)4-2-6-9/h7H,1-6H2. The number of rotatable bonds is 6. The third-order valence-corrected chi connectivity index (χ3v) is 3.34. The summed E-state index contributed by atoms with van der Waals surface area (Å²) in [5, 5.41) is 2.26. The predicted molar refractivity (Wildman–Crippen MR) is 58.8 cm³/mol. The van der Waals surface area contributed by atoms with Gasteiger partial charge in [-0.1, -0.05) is 47.8 Å². The summed E-state index contributed by atoms with van der Waals surface area (Å²) < 4.78 is 0. The molecular formula is C7H13Br3. The minimum absolute atomic E-state index is 0.725. The molecule has 0 aromatic rings. The van der Waals surface area contributed by atoms with Gasteiger partial charge in [-0.2, -0.15) is 0 Å². The Bertz CT molecular complexity index is 57.9. The smallest absolute Gasteiger partial charge is 0.0146 e. The van der Waals surface area contributed by atoms with Gasteiger partial charge in [0.2, 0.25) is 0 Å². The normalized spacial score (nSPS) is 10.8. The predicted octanol–water partition coefficient (Wildman–Crippen LogP) is 4.10. The Labute approximate surface area is 88.5 Å². The number of hydrogen-bond acceptors (Lipinski definition) is 0. The van der Waals surface area contributed by atoms with E-state index in [1.165, 1.54) is 25.7 Å². The van der Waals surface area contributed by atoms with Gasteiger partial charge in [-0.3, -0.25) is 0 Å². The van der Waals surface area contributed by atoms with Crippen molar-refractivity contribution in [1.29, 1.82) is 0 Å². The zero-order valence-electron chi connectivity index (χ0n) is 5.95. The molecule has 0 spiro atoms. The van der Waals surface area contributed by atoms with Crippen molar-refractivity contribution < 1.29 is 0 Å². The van der Waals surface area contributed by atoms with Crippen molar-refractivity contribution in [3.05, 3.63) is 0 Å². The summed E-state index contributed by atoms with van der Waals surface area (Å²) in [4.78, 5) is 0.725. The van der Waals surface area contributed by atoms with Crippen molar-refractivity contribution in [2.75, 3.05) is 10.7 Å². The van der Waals surface area contributed by atoms with Gasteiger partial charge in [0, 0.05) is 15.5 Å². The van der Waals surface area contributed by atoms with Gasteiger partial charge in [-0.05, 0) is 25.7 Å². The monoisotopic (exact) mass is 334 g/mol. The molecule has 0 saturated heterocycles. The summed E-state index contributed by atoms with van der Waals surface area (Å²) in [7, 11) is 0. The van der Waals surface area contributed by atoms with E-state index < -0.39 is 0 Å². The minimum atomic E-state index is 0.725. The molecule has 0 aliphatic heterocycles. The summed E-state index contributed by atoms with van der Waals surface area (Å²) in [5.41, 5.74) is 0. The zero-order valence-corrected chi connectivity index (χ0v) is 10.7. The van der Waals surface area contributed by atoms with Crippen LogP contribution in [0.15, 0.2) is 0 Å². The topological polar surface area (TPSA) is 0 Å². The van der Waals surface area contributed by atoms with E-state index in [0.29, 0.717) is 0 Å². The van der Waals surface area contributed by atoms with Gasteiger partial charge in [0.05, 0.1) is 0 Å². The zero-order chi connectivity index (χ0) is 7.82. The average molecular weight is 337 g/mol. The van der Waals surface area contributed by atoms with Gasteiger partial charge in [-0.15, -0.1) is 0 Å². The lowest BCUT2D eigenvalue weighted by Crippen LogP contribution is -1.97. The highest BCUT2D eigenvalue weighted by atomic mass is 79.9. The molecule has 0 amide bonds. The van der Waals surface area contributed by atoms with E-state index in [0.717, 1.165) is 15.5 Å². The molecule has 0 rings (SSSR count). The Morgan fingerprint density at radius 2 is 1.30 bits per heavy atom. The Morgan fingerprint density at radius 3 is 1.60 bits per heavy atom. The van der Waals surface area contributed by atoms with E-state index in [4.69, 9.17) is 0 Å². The van der Waals surface area contributed by atoms with Crippen LogP contribution in [0.5, 0.6) is 0 Å². The maximum atomic E-state index is 3.64. The second kappa shape index (κ2) is 8.54. The minimum Gasteiger partial charge on any atom is -0.0928 e. The van der Waals surface area contributed by atoms with Gasteiger partial charge in [0.25, 0.3) is 0 Å². The molecule has 62 valence electrons. The highest BCUT2D eigenvalue weighted by Gasteiger charge is 2.01. The molecule has 0 fully saturated rings. The molecule has 0 bridgehead atoms. The molecule has 0 heterocycles. The van der Waals surface area contributed by atoms with Crippen LogP contribution in [0.3, 0.4) is 0 Å². The molecule has 0 saturated carbocycles. The molecule has 0 nitrogen and oxygen atoms in total. The van der Waals surface area contributed by atoms with Crippen molar-refractivity contribution in [3.8, 4) is 0 Å². The third-order valence-electron chi connectivity index (χ3n) is 1.30. The Hall–Kier alpha value is 1.44. The van der Waals surface area contributed by atoms with E-state index >= 15 is 0 Å². The van der Waals surface area contributed by atoms with Crippen molar-refractivity contribution in [3.63, 3.8) is 0 Å². The van der Waals surface area contributed by atoms with Gasteiger partial charge in [0.15, 0.2) is 0 Å². The average Bonchev–Trinajstić information content (AvgIpc) is 1.97. The van der Waals surface area contributed by atoms with Crippen molar-refractivity contribution >= 4 is 47.8 Å². The first kappa shape index (κ1) is 11.4. The molecule has 0 radical (unpaired) electrons. The SMILES string of the molecule is BrCCCC(Br)CCCBr. The summed E-state index contributed by atoms with van der Waals surface area (Å²) in [5.74, 6) is 0. The third kappa shape index (κ3) is 7.55. The quantitative estimate of drug-likeness (QED) is 0.641. The fourth-order valence-corrected chi connectivity index (χ4v) is 2.04. The highest BCUT2D eigenvalue weighted by Crippen LogP contribution is 2.15. The van der Waals surface area contributed by atoms with Gasteiger partial charge < -0.3 is 0 Å². The summed E-state index contributed by atoms with van der Waals surface area (Å²) in [6.07, 6.45) is 5.13. The molecular weight excluding hydrogens is 324 g/mol. The fraction of sp³-hybridized carbons (Fsp3) is 1.00. The van der Waals surface area contributed by atoms with Crippen LogP contribution in [0.1, 0.15) is 25.7 Å². The molecule has 0 aromatic carbocycles. The van der Waals surface area contributed by atoms with Crippen LogP contribution >= 0.6 is 47.8 Å². The van der Waals surface area contributed by atoms with Crippen LogP contribution in [0.4, 0.5) is 0 Å². The van der Waals surface area contributed by atoms with Crippen LogP contribution in [0, 0.1) is 0 Å². The Kier molecular flexibility index (Phi) is 9.76. The Morgan fingerprint density at radius 1 is 0.900 bits per heavy atom. The largest absolute Gasteiger partial charge is 0.0928 e. The number of halogens is 3. The van der Waals surface area contributed by atoms with Crippen LogP contribution in [0.25, 0.3) is 0 Å². The molecule has 0 N–H and O–H groups in total. The van der Waals surface area contributed by atoms with Crippen molar-refractivity contribution in [2.45, 2.75) is 30.5 Å². The van der Waals surface area contributed by atoms with Crippen molar-refractivity contribution in [2.24, 2.45) is 0 Å². The van der Waals surface area contributed by atoms with E-state index in [1.807, 2.05) is 0 Å². The second-order valence-corrected chi connectivity index (χ2v) is 5.14. The van der Waals surface area contributed by atoms with Gasteiger partial charge in [-0.25, -0.2) is 0 Å². The lowest BCUT2D eigenvalue weighted by atomic mass is 10.2. The molecule has 0 atom stereocenters. The van der Waals surface area contributed by atoms with Gasteiger partial charge in [0.1, 0.15) is 0 Å². The van der Waals surface area contributed by atoms with E-state index in [1.54, 1.807) is 0 Å². The molecule has 0 aliphatic rings.